The van der Waals surface area contributed by atoms with Gasteiger partial charge in [-0.05, 0) is 18.2 Å². The number of rotatable bonds is 3. The number of Topliss-reactive ketones (excluding diaryl/α,β-unsaturated/α-hetero) is 1. The van der Waals surface area contributed by atoms with Crippen molar-refractivity contribution < 1.29 is 14.4 Å². The van der Waals surface area contributed by atoms with Gasteiger partial charge in [-0.2, -0.15) is 0 Å². The predicted molar refractivity (Wildman–Crippen MR) is 76.9 cm³/mol. The molecule has 3 N–H and O–H groups in total. The van der Waals surface area contributed by atoms with E-state index in [0.29, 0.717) is 22.6 Å². The molecule has 2 aromatic rings. The monoisotopic (exact) mass is 273 g/mol. The fourth-order valence-electron chi connectivity index (χ4n) is 1.96. The van der Waals surface area contributed by atoms with E-state index in [0.717, 1.165) is 5.39 Å². The zero-order chi connectivity index (χ0) is 14.9. The second-order valence-corrected chi connectivity index (χ2v) is 4.59. The molecule has 1 aromatic heterocycles. The first-order valence-corrected chi connectivity index (χ1v) is 6.09. The van der Waals surface area contributed by atoms with E-state index in [2.05, 4.69) is 15.6 Å². The van der Waals surface area contributed by atoms with Crippen LogP contribution in [0.15, 0.2) is 18.2 Å². The molecular formula is C14H15N3O3. The first kappa shape index (κ1) is 13.8. The lowest BCUT2D eigenvalue weighted by atomic mass is 10.2. The maximum absolute atomic E-state index is 11.4. The third-order valence-corrected chi connectivity index (χ3v) is 2.76. The molecule has 0 atom stereocenters. The molecule has 0 bridgehead atoms. The second-order valence-electron chi connectivity index (χ2n) is 4.59. The number of hydrogen-bond acceptors (Lipinski definition) is 3. The van der Waals surface area contributed by atoms with E-state index in [-0.39, 0.29) is 17.6 Å². The van der Waals surface area contributed by atoms with Gasteiger partial charge in [0.1, 0.15) is 0 Å². The Morgan fingerprint density at radius 3 is 1.95 bits per heavy atom. The SMILES string of the molecule is CC(=O)Nc1cc2cc(C(C)=O)[nH]c2cc1NC(C)=O. The maximum Gasteiger partial charge on any atom is 0.221 e. The van der Waals surface area contributed by atoms with Crippen LogP contribution in [0.25, 0.3) is 10.9 Å². The van der Waals surface area contributed by atoms with E-state index < -0.39 is 0 Å². The minimum Gasteiger partial charge on any atom is -0.352 e. The van der Waals surface area contributed by atoms with Crippen LogP contribution in [-0.2, 0) is 9.59 Å². The van der Waals surface area contributed by atoms with Crippen molar-refractivity contribution in [2.75, 3.05) is 10.6 Å². The van der Waals surface area contributed by atoms with Crippen LogP contribution in [0.3, 0.4) is 0 Å². The molecule has 6 heteroatoms. The van der Waals surface area contributed by atoms with Crippen LogP contribution >= 0.6 is 0 Å². The summed E-state index contributed by atoms with van der Waals surface area (Å²) in [5, 5.41) is 6.09. The summed E-state index contributed by atoms with van der Waals surface area (Å²) in [7, 11) is 0. The van der Waals surface area contributed by atoms with Crippen LogP contribution < -0.4 is 10.6 Å². The fraction of sp³-hybridized carbons (Fsp3) is 0.214. The van der Waals surface area contributed by atoms with Crippen molar-refractivity contribution in [2.45, 2.75) is 20.8 Å². The van der Waals surface area contributed by atoms with Crippen molar-refractivity contribution >= 4 is 39.9 Å². The Bertz CT molecular complexity index is 663. The molecule has 0 fully saturated rings. The Morgan fingerprint density at radius 1 is 0.900 bits per heavy atom. The molecule has 0 spiro atoms. The number of hydrogen-bond donors (Lipinski definition) is 3. The van der Waals surface area contributed by atoms with Crippen LogP contribution in [0.5, 0.6) is 0 Å². The van der Waals surface area contributed by atoms with Gasteiger partial charge in [-0.15, -0.1) is 0 Å². The average Bonchev–Trinajstić information content (AvgIpc) is 2.70. The molecule has 0 aliphatic carbocycles. The lowest BCUT2D eigenvalue weighted by Gasteiger charge is -2.10. The van der Waals surface area contributed by atoms with Crippen molar-refractivity contribution in [3.05, 3.63) is 23.9 Å². The molecule has 1 aromatic carbocycles. The zero-order valence-electron chi connectivity index (χ0n) is 11.5. The molecule has 0 saturated heterocycles. The number of aromatic amines is 1. The summed E-state index contributed by atoms with van der Waals surface area (Å²) < 4.78 is 0. The number of benzene rings is 1. The van der Waals surface area contributed by atoms with Crippen molar-refractivity contribution in [2.24, 2.45) is 0 Å². The van der Waals surface area contributed by atoms with Gasteiger partial charge in [-0.25, -0.2) is 0 Å². The van der Waals surface area contributed by atoms with Gasteiger partial charge in [-0.1, -0.05) is 0 Å². The highest BCUT2D eigenvalue weighted by Crippen LogP contribution is 2.29. The number of fused-ring (bicyclic) bond motifs is 1. The lowest BCUT2D eigenvalue weighted by Crippen LogP contribution is -2.12. The highest BCUT2D eigenvalue weighted by Gasteiger charge is 2.11. The summed E-state index contributed by atoms with van der Waals surface area (Å²) in [5.41, 5.74) is 2.17. The van der Waals surface area contributed by atoms with Gasteiger partial charge in [0.25, 0.3) is 0 Å². The summed E-state index contributed by atoms with van der Waals surface area (Å²) >= 11 is 0. The molecule has 2 amide bonds. The summed E-state index contributed by atoms with van der Waals surface area (Å²) in [6.07, 6.45) is 0. The van der Waals surface area contributed by atoms with Crippen molar-refractivity contribution in [1.82, 2.24) is 4.98 Å². The number of carbonyl (C=O) groups excluding carboxylic acids is 3. The number of anilines is 2. The van der Waals surface area contributed by atoms with Gasteiger partial charge in [0.05, 0.1) is 17.1 Å². The summed E-state index contributed by atoms with van der Waals surface area (Å²) in [6, 6.07) is 5.11. The van der Waals surface area contributed by atoms with Gasteiger partial charge >= 0.3 is 0 Å². The molecule has 0 aliphatic rings. The molecule has 1 heterocycles. The van der Waals surface area contributed by atoms with Crippen molar-refractivity contribution in [3.63, 3.8) is 0 Å². The number of H-pyrrole nitrogens is 1. The largest absolute Gasteiger partial charge is 0.352 e. The minimum atomic E-state index is -0.241. The first-order valence-electron chi connectivity index (χ1n) is 6.09. The molecule has 0 aliphatic heterocycles. The number of aromatic nitrogens is 1. The summed E-state index contributed by atoms with van der Waals surface area (Å²) in [6.45, 7) is 4.24. The summed E-state index contributed by atoms with van der Waals surface area (Å²) in [4.78, 5) is 36.8. The van der Waals surface area contributed by atoms with E-state index in [1.807, 2.05) is 0 Å². The van der Waals surface area contributed by atoms with E-state index in [1.165, 1.54) is 20.8 Å². The quantitative estimate of drug-likeness (QED) is 0.749. The normalized spacial score (nSPS) is 10.3. The maximum atomic E-state index is 11.4. The van der Waals surface area contributed by atoms with Gasteiger partial charge in [0, 0.05) is 31.7 Å². The highest BCUT2D eigenvalue weighted by atomic mass is 16.2. The minimum absolute atomic E-state index is 0.0802. The number of ketones is 1. The lowest BCUT2D eigenvalue weighted by molar-refractivity contribution is -0.115. The third kappa shape index (κ3) is 2.85. The van der Waals surface area contributed by atoms with Crippen LogP contribution in [0, 0.1) is 0 Å². The van der Waals surface area contributed by atoms with E-state index in [1.54, 1.807) is 18.2 Å². The highest BCUT2D eigenvalue weighted by molar-refractivity contribution is 6.05. The second kappa shape index (κ2) is 5.16. The molecule has 2 rings (SSSR count). The smallest absolute Gasteiger partial charge is 0.221 e. The Hall–Kier alpha value is -2.63. The summed E-state index contributed by atoms with van der Waals surface area (Å²) in [5.74, 6) is -0.559. The Kier molecular flexibility index (Phi) is 3.56. The Morgan fingerprint density at radius 2 is 1.45 bits per heavy atom. The molecule has 0 unspecified atom stereocenters. The van der Waals surface area contributed by atoms with Crippen molar-refractivity contribution in [1.29, 1.82) is 0 Å². The predicted octanol–water partition coefficient (Wildman–Crippen LogP) is 2.29. The van der Waals surface area contributed by atoms with Gasteiger partial charge in [-0.3, -0.25) is 14.4 Å². The van der Waals surface area contributed by atoms with Crippen molar-refractivity contribution in [3.8, 4) is 0 Å². The molecule has 104 valence electrons. The molecule has 0 radical (unpaired) electrons. The number of amides is 2. The standard InChI is InChI=1S/C14H15N3O3/c1-7(18)11-4-10-5-13(15-8(2)19)14(16-9(3)20)6-12(10)17-11/h4-6,17H,1-3H3,(H,15,19)(H,16,20). The van der Waals surface area contributed by atoms with Crippen LogP contribution in [0.2, 0.25) is 0 Å². The fourth-order valence-corrected chi connectivity index (χ4v) is 1.96. The number of carbonyl (C=O) groups is 3. The van der Waals surface area contributed by atoms with Crippen LogP contribution in [0.1, 0.15) is 31.3 Å². The number of nitrogens with one attached hydrogen (secondary N) is 3. The van der Waals surface area contributed by atoms with E-state index in [4.69, 9.17) is 0 Å². The topological polar surface area (TPSA) is 91.1 Å². The molecule has 0 saturated carbocycles. The first-order chi connectivity index (χ1) is 9.36. The third-order valence-electron chi connectivity index (χ3n) is 2.76. The Labute approximate surface area is 115 Å². The van der Waals surface area contributed by atoms with E-state index >= 15 is 0 Å². The van der Waals surface area contributed by atoms with Crippen LogP contribution in [-0.4, -0.2) is 22.6 Å². The molecule has 20 heavy (non-hydrogen) atoms. The van der Waals surface area contributed by atoms with E-state index in [9.17, 15) is 14.4 Å². The average molecular weight is 273 g/mol. The zero-order valence-corrected chi connectivity index (χ0v) is 11.5. The molecule has 6 nitrogen and oxygen atoms in total. The van der Waals surface area contributed by atoms with Gasteiger partial charge in [0.15, 0.2) is 5.78 Å². The van der Waals surface area contributed by atoms with Crippen LogP contribution in [0.4, 0.5) is 11.4 Å². The van der Waals surface area contributed by atoms with Gasteiger partial charge in [0.2, 0.25) is 11.8 Å². The Balaban J connectivity index is 2.57. The molecular weight excluding hydrogens is 258 g/mol. The van der Waals surface area contributed by atoms with Gasteiger partial charge < -0.3 is 15.6 Å².